The van der Waals surface area contributed by atoms with E-state index in [9.17, 15) is 0 Å². The van der Waals surface area contributed by atoms with Crippen LogP contribution in [0.1, 0.15) is 112 Å². The molecule has 3 rings (SSSR count). The lowest BCUT2D eigenvalue weighted by Gasteiger charge is -2.44. The van der Waals surface area contributed by atoms with Crippen LogP contribution in [0.2, 0.25) is 0 Å². The molecule has 3 fully saturated rings. The average molecular weight is 385 g/mol. The molecule has 0 aliphatic heterocycles. The maximum Gasteiger partial charge on any atom is -0.0143 e. The average Bonchev–Trinajstić information content (AvgIpc) is 3.00. The Bertz CT molecular complexity index is 565. The first kappa shape index (κ1) is 22.2. The highest BCUT2D eigenvalue weighted by Crippen LogP contribution is 2.59. The van der Waals surface area contributed by atoms with E-state index in [-0.39, 0.29) is 0 Å². The molecule has 0 aromatic carbocycles. The van der Waals surface area contributed by atoms with E-state index in [2.05, 4.69) is 53.7 Å². The molecule has 0 N–H and O–H groups in total. The molecule has 3 aliphatic rings. The van der Waals surface area contributed by atoms with Crippen LogP contribution in [-0.2, 0) is 0 Å². The van der Waals surface area contributed by atoms with Crippen LogP contribution < -0.4 is 0 Å². The van der Waals surface area contributed by atoms with Crippen molar-refractivity contribution in [3.63, 3.8) is 0 Å². The lowest BCUT2D eigenvalue weighted by atomic mass is 9.60. The Morgan fingerprint density at radius 2 is 1.75 bits per heavy atom. The van der Waals surface area contributed by atoms with Gasteiger partial charge in [0.1, 0.15) is 0 Å². The molecule has 0 aromatic rings. The first-order valence-electron chi connectivity index (χ1n) is 12.7. The standard InChI is InChI=1S/C28H48/c1-20(2)9-7-10-22(4)26-16-17-27-25(11-8-18-28(26,27)6)15-14-24-13-12-21(3)23(5)19-24/h14-15,20-23,26-27H,7-13,16-19H2,1-6H3/b24-14-,25-15+/t21-,22?,23?,26?,27?,28?/m0/s1. The molecule has 3 saturated carbocycles. The summed E-state index contributed by atoms with van der Waals surface area (Å²) in [7, 11) is 0. The summed E-state index contributed by atoms with van der Waals surface area (Å²) in [6.07, 6.45) is 20.7. The number of allylic oxidation sites excluding steroid dienone is 4. The van der Waals surface area contributed by atoms with Crippen LogP contribution in [-0.4, -0.2) is 0 Å². The Morgan fingerprint density at radius 1 is 0.964 bits per heavy atom. The van der Waals surface area contributed by atoms with Crippen molar-refractivity contribution in [3.8, 4) is 0 Å². The minimum atomic E-state index is 0.578. The van der Waals surface area contributed by atoms with E-state index in [1.54, 1.807) is 5.57 Å². The zero-order chi connectivity index (χ0) is 20.3. The van der Waals surface area contributed by atoms with Crippen molar-refractivity contribution in [2.45, 2.75) is 112 Å². The van der Waals surface area contributed by atoms with Crippen LogP contribution >= 0.6 is 0 Å². The first-order chi connectivity index (χ1) is 13.3. The Kier molecular flexibility index (Phi) is 7.54. The monoisotopic (exact) mass is 384 g/mol. The molecule has 0 saturated heterocycles. The fourth-order valence-corrected chi connectivity index (χ4v) is 7.05. The van der Waals surface area contributed by atoms with Gasteiger partial charge in [-0.2, -0.15) is 0 Å². The summed E-state index contributed by atoms with van der Waals surface area (Å²) in [5, 5.41) is 0. The molecular formula is C28H48. The van der Waals surface area contributed by atoms with Crippen LogP contribution in [0.5, 0.6) is 0 Å². The van der Waals surface area contributed by atoms with Crippen LogP contribution in [0.3, 0.4) is 0 Å². The van der Waals surface area contributed by atoms with Crippen LogP contribution in [0.4, 0.5) is 0 Å². The number of rotatable bonds is 6. The minimum Gasteiger partial charge on any atom is -0.0699 e. The molecular weight excluding hydrogens is 336 g/mol. The highest BCUT2D eigenvalue weighted by atomic mass is 14.5. The summed E-state index contributed by atoms with van der Waals surface area (Å²) >= 11 is 0. The Hall–Kier alpha value is -0.520. The van der Waals surface area contributed by atoms with E-state index in [4.69, 9.17) is 0 Å². The fraction of sp³-hybridized carbons (Fsp3) is 0.857. The molecule has 5 unspecified atom stereocenters. The molecule has 28 heavy (non-hydrogen) atoms. The molecule has 160 valence electrons. The van der Waals surface area contributed by atoms with Crippen LogP contribution in [0.25, 0.3) is 0 Å². The third-order valence-corrected chi connectivity index (χ3v) is 9.18. The van der Waals surface area contributed by atoms with E-state index in [1.165, 1.54) is 70.6 Å². The van der Waals surface area contributed by atoms with Gasteiger partial charge < -0.3 is 0 Å². The molecule has 0 radical (unpaired) electrons. The summed E-state index contributed by atoms with van der Waals surface area (Å²) in [5.41, 5.74) is 4.11. The summed E-state index contributed by atoms with van der Waals surface area (Å²) < 4.78 is 0. The van der Waals surface area contributed by atoms with E-state index in [0.29, 0.717) is 5.41 Å². The van der Waals surface area contributed by atoms with Gasteiger partial charge in [-0.25, -0.2) is 0 Å². The van der Waals surface area contributed by atoms with Crippen molar-refractivity contribution in [1.82, 2.24) is 0 Å². The molecule has 0 nitrogen and oxygen atoms in total. The van der Waals surface area contributed by atoms with Crippen molar-refractivity contribution >= 4 is 0 Å². The minimum absolute atomic E-state index is 0.578. The van der Waals surface area contributed by atoms with E-state index >= 15 is 0 Å². The SMILES string of the molecule is CC(C)CCCC(C)C1CCC2/C(=C/C=C3/CC[C@H](C)C(C)C3)CCCC21C. The lowest BCUT2D eigenvalue weighted by Crippen LogP contribution is -2.36. The molecule has 0 heteroatoms. The second kappa shape index (κ2) is 9.53. The molecule has 0 spiro atoms. The number of fused-ring (bicyclic) bond motifs is 1. The highest BCUT2D eigenvalue weighted by Gasteiger charge is 2.50. The first-order valence-corrected chi connectivity index (χ1v) is 12.7. The molecule has 0 amide bonds. The Morgan fingerprint density at radius 3 is 2.46 bits per heavy atom. The van der Waals surface area contributed by atoms with Gasteiger partial charge in [-0.15, -0.1) is 0 Å². The quantitative estimate of drug-likeness (QED) is 0.428. The molecule has 6 atom stereocenters. The van der Waals surface area contributed by atoms with Gasteiger partial charge in [0, 0.05) is 0 Å². The normalized spacial score (nSPS) is 40.2. The molecule has 0 bridgehead atoms. The van der Waals surface area contributed by atoms with Crippen molar-refractivity contribution < 1.29 is 0 Å². The number of hydrogen-bond donors (Lipinski definition) is 0. The molecule has 0 heterocycles. The smallest absolute Gasteiger partial charge is 0.0143 e. The predicted molar refractivity (Wildman–Crippen MR) is 124 cm³/mol. The lowest BCUT2D eigenvalue weighted by molar-refractivity contribution is 0.0929. The van der Waals surface area contributed by atoms with E-state index in [1.807, 2.05) is 5.57 Å². The van der Waals surface area contributed by atoms with Crippen molar-refractivity contribution in [1.29, 1.82) is 0 Å². The van der Waals surface area contributed by atoms with Crippen molar-refractivity contribution in [2.75, 3.05) is 0 Å². The van der Waals surface area contributed by atoms with Crippen molar-refractivity contribution in [2.24, 2.45) is 40.9 Å². The van der Waals surface area contributed by atoms with Gasteiger partial charge in [-0.05, 0) is 92.3 Å². The largest absolute Gasteiger partial charge is 0.0699 e. The summed E-state index contributed by atoms with van der Waals surface area (Å²) in [6.45, 7) is 14.9. The number of hydrogen-bond acceptors (Lipinski definition) is 0. The fourth-order valence-electron chi connectivity index (χ4n) is 7.05. The second-order valence-corrected chi connectivity index (χ2v) is 11.7. The van der Waals surface area contributed by atoms with Crippen LogP contribution in [0, 0.1) is 40.9 Å². The summed E-state index contributed by atoms with van der Waals surface area (Å²) in [4.78, 5) is 0. The van der Waals surface area contributed by atoms with Gasteiger partial charge in [0.15, 0.2) is 0 Å². The van der Waals surface area contributed by atoms with E-state index < -0.39 is 0 Å². The predicted octanol–water partition coefficient (Wildman–Crippen LogP) is 8.97. The van der Waals surface area contributed by atoms with Crippen molar-refractivity contribution in [3.05, 3.63) is 23.3 Å². The highest BCUT2D eigenvalue weighted by molar-refractivity contribution is 5.25. The van der Waals surface area contributed by atoms with Gasteiger partial charge in [0.2, 0.25) is 0 Å². The van der Waals surface area contributed by atoms with E-state index in [0.717, 1.165) is 35.5 Å². The summed E-state index contributed by atoms with van der Waals surface area (Å²) in [6, 6.07) is 0. The zero-order valence-electron chi connectivity index (χ0n) is 19.9. The third kappa shape index (κ3) is 4.96. The molecule has 0 aromatic heterocycles. The van der Waals surface area contributed by atoms with Gasteiger partial charge in [0.25, 0.3) is 0 Å². The summed E-state index contributed by atoms with van der Waals surface area (Å²) in [5.74, 6) is 5.38. The van der Waals surface area contributed by atoms with Crippen LogP contribution in [0.15, 0.2) is 23.3 Å². The Balaban J connectivity index is 1.66. The van der Waals surface area contributed by atoms with Gasteiger partial charge in [0.05, 0.1) is 0 Å². The molecule has 3 aliphatic carbocycles. The van der Waals surface area contributed by atoms with Gasteiger partial charge in [-0.3, -0.25) is 0 Å². The Labute approximate surface area is 176 Å². The maximum atomic E-state index is 2.67. The third-order valence-electron chi connectivity index (χ3n) is 9.18. The second-order valence-electron chi connectivity index (χ2n) is 11.7. The van der Waals surface area contributed by atoms with Gasteiger partial charge in [-0.1, -0.05) is 84.1 Å². The topological polar surface area (TPSA) is 0 Å². The van der Waals surface area contributed by atoms with Gasteiger partial charge >= 0.3 is 0 Å². The zero-order valence-corrected chi connectivity index (χ0v) is 19.9. The maximum absolute atomic E-state index is 2.67.